The van der Waals surface area contributed by atoms with Crippen LogP contribution in [0.3, 0.4) is 0 Å². The highest BCUT2D eigenvalue weighted by Crippen LogP contribution is 2.26. The predicted molar refractivity (Wildman–Crippen MR) is 132 cm³/mol. The van der Waals surface area contributed by atoms with Crippen LogP contribution in [0.2, 0.25) is 25.7 Å². The van der Waals surface area contributed by atoms with E-state index < -0.39 is 42.1 Å². The highest BCUT2D eigenvalue weighted by Gasteiger charge is 2.39. The molecular formula is C23H41NO7SSi. The Morgan fingerprint density at radius 3 is 2.52 bits per heavy atom. The highest BCUT2D eigenvalue weighted by atomic mass is 32.2. The zero-order chi connectivity index (χ0) is 24.7. The molecular weight excluding hydrogens is 462 g/mol. The number of ether oxygens (including phenoxy) is 4. The topological polar surface area (TPSA) is 103 Å². The number of methoxy groups -OCH3 is 1. The maximum absolute atomic E-state index is 12.6. The zero-order valence-electron chi connectivity index (χ0n) is 20.8. The van der Waals surface area contributed by atoms with Crippen LogP contribution in [0.1, 0.15) is 32.3 Å². The molecule has 0 amide bonds. The van der Waals surface area contributed by atoms with Crippen LogP contribution in [-0.4, -0.2) is 71.7 Å². The molecule has 2 N–H and O–H groups in total. The molecule has 0 saturated carbocycles. The van der Waals surface area contributed by atoms with E-state index in [-0.39, 0.29) is 12.4 Å². The monoisotopic (exact) mass is 503 g/mol. The summed E-state index contributed by atoms with van der Waals surface area (Å²) in [7, 11) is -3.33. The molecule has 1 saturated heterocycles. The second-order valence-electron chi connectivity index (χ2n) is 10.3. The van der Waals surface area contributed by atoms with Gasteiger partial charge in [-0.1, -0.05) is 31.8 Å². The van der Waals surface area contributed by atoms with Gasteiger partial charge in [0.2, 0.25) is 10.0 Å². The van der Waals surface area contributed by atoms with E-state index in [0.29, 0.717) is 32.1 Å². The molecule has 0 bridgehead atoms. The first-order valence-corrected chi connectivity index (χ1v) is 16.8. The Kier molecular flexibility index (Phi) is 10.3. The Morgan fingerprint density at radius 1 is 1.24 bits per heavy atom. The fraction of sp³-hybridized carbons (Fsp3) is 0.739. The van der Waals surface area contributed by atoms with Crippen molar-refractivity contribution in [3.63, 3.8) is 0 Å². The van der Waals surface area contributed by atoms with Gasteiger partial charge in [-0.3, -0.25) is 0 Å². The number of aliphatic hydroxyl groups is 1. The Hall–Kier alpha value is -1.01. The van der Waals surface area contributed by atoms with Gasteiger partial charge in [-0.15, -0.1) is 0 Å². The van der Waals surface area contributed by atoms with Crippen LogP contribution in [-0.2, 0) is 30.8 Å². The Bertz CT molecular complexity index is 824. The molecule has 1 aliphatic rings. The van der Waals surface area contributed by atoms with Crippen LogP contribution in [0.15, 0.2) is 24.3 Å². The molecule has 1 fully saturated rings. The zero-order valence-corrected chi connectivity index (χ0v) is 22.6. The second kappa shape index (κ2) is 12.1. The fourth-order valence-electron chi connectivity index (χ4n) is 3.45. The van der Waals surface area contributed by atoms with E-state index >= 15 is 0 Å². The average molecular weight is 504 g/mol. The molecule has 0 unspecified atom stereocenters. The summed E-state index contributed by atoms with van der Waals surface area (Å²) in [4.78, 5) is 0. The number of nitrogens with one attached hydrogen (secondary N) is 1. The van der Waals surface area contributed by atoms with Crippen molar-refractivity contribution in [2.75, 3.05) is 26.1 Å². The number of hydrogen-bond donors (Lipinski definition) is 2. The Labute approximate surface area is 200 Å². The minimum Gasteiger partial charge on any atom is -0.497 e. The molecule has 8 nitrogen and oxygen atoms in total. The van der Waals surface area contributed by atoms with Crippen molar-refractivity contribution in [2.45, 2.75) is 83.0 Å². The molecule has 190 valence electrons. The normalized spacial score (nSPS) is 22.2. The van der Waals surface area contributed by atoms with Gasteiger partial charge in [-0.05, 0) is 44.0 Å². The van der Waals surface area contributed by atoms with E-state index in [4.69, 9.17) is 18.9 Å². The summed E-state index contributed by atoms with van der Waals surface area (Å²) < 4.78 is 50.5. The second-order valence-corrected chi connectivity index (χ2v) is 17.8. The van der Waals surface area contributed by atoms with Crippen molar-refractivity contribution in [2.24, 2.45) is 0 Å². The molecule has 0 aromatic heterocycles. The molecule has 0 radical (unpaired) electrons. The van der Waals surface area contributed by atoms with Gasteiger partial charge < -0.3 is 24.1 Å². The third-order valence-corrected chi connectivity index (χ3v) is 8.99. The molecule has 2 rings (SSSR count). The molecule has 1 aliphatic heterocycles. The van der Waals surface area contributed by atoms with E-state index in [1.165, 1.54) is 0 Å². The minimum atomic E-state index is -3.47. The van der Waals surface area contributed by atoms with E-state index in [1.54, 1.807) is 21.0 Å². The van der Waals surface area contributed by atoms with Gasteiger partial charge in [0, 0.05) is 21.1 Å². The van der Waals surface area contributed by atoms with Gasteiger partial charge in [0.1, 0.15) is 5.75 Å². The molecule has 1 heterocycles. The Morgan fingerprint density at radius 2 is 1.91 bits per heavy atom. The summed E-state index contributed by atoms with van der Waals surface area (Å²) in [5, 5.41) is 10.6. The summed E-state index contributed by atoms with van der Waals surface area (Å²) >= 11 is 0. The first-order valence-electron chi connectivity index (χ1n) is 11.5. The lowest BCUT2D eigenvalue weighted by atomic mass is 10.0. The number of rotatable bonds is 13. The first-order chi connectivity index (χ1) is 15.3. The van der Waals surface area contributed by atoms with Crippen molar-refractivity contribution in [1.29, 1.82) is 0 Å². The highest BCUT2D eigenvalue weighted by molar-refractivity contribution is 7.89. The van der Waals surface area contributed by atoms with Crippen LogP contribution in [0, 0.1) is 0 Å². The molecule has 33 heavy (non-hydrogen) atoms. The minimum absolute atomic E-state index is 0.0943. The van der Waals surface area contributed by atoms with Crippen LogP contribution < -0.4 is 9.46 Å². The smallest absolute Gasteiger partial charge is 0.211 e. The molecule has 10 heteroatoms. The third kappa shape index (κ3) is 10.8. The fourth-order valence-corrected chi connectivity index (χ4v) is 7.77. The van der Waals surface area contributed by atoms with E-state index in [2.05, 4.69) is 24.4 Å². The van der Waals surface area contributed by atoms with Crippen LogP contribution in [0.4, 0.5) is 0 Å². The van der Waals surface area contributed by atoms with Crippen LogP contribution in [0.25, 0.3) is 0 Å². The molecule has 3 atom stereocenters. The molecule has 1 aromatic carbocycles. The lowest BCUT2D eigenvalue weighted by molar-refractivity contribution is -0.284. The molecule has 0 aliphatic carbocycles. The summed E-state index contributed by atoms with van der Waals surface area (Å²) in [5.74, 6) is 0.0475. The molecule has 0 spiro atoms. The lowest BCUT2D eigenvalue weighted by Gasteiger charge is -2.41. The number of aliphatic hydroxyl groups excluding tert-OH is 1. The average Bonchev–Trinajstić information content (AvgIpc) is 2.71. The SMILES string of the molecule is COc1ccc(COCC[C@@H](O)C[C@@H]2OC(C)(C)OC[C@@H]2NS(=O)(=O)CC[Si](C)(C)C)cc1. The summed E-state index contributed by atoms with van der Waals surface area (Å²) in [6.07, 6.45) is -0.465. The van der Waals surface area contributed by atoms with Gasteiger partial charge in [0.15, 0.2) is 5.79 Å². The summed E-state index contributed by atoms with van der Waals surface area (Å²) in [5.41, 5.74) is 1.02. The van der Waals surface area contributed by atoms with Crippen LogP contribution >= 0.6 is 0 Å². The number of benzene rings is 1. The Balaban J connectivity index is 1.85. The van der Waals surface area contributed by atoms with Crippen LogP contribution in [0.5, 0.6) is 5.75 Å². The van der Waals surface area contributed by atoms with Gasteiger partial charge in [0.05, 0.1) is 44.3 Å². The van der Waals surface area contributed by atoms with Crippen molar-refractivity contribution >= 4 is 18.1 Å². The summed E-state index contributed by atoms with van der Waals surface area (Å²) in [6.45, 7) is 11.0. The van der Waals surface area contributed by atoms with Crippen molar-refractivity contribution < 1.29 is 32.5 Å². The van der Waals surface area contributed by atoms with Crippen molar-refractivity contribution in [3.8, 4) is 5.75 Å². The van der Waals surface area contributed by atoms with Crippen molar-refractivity contribution in [1.82, 2.24) is 4.72 Å². The maximum atomic E-state index is 12.6. The number of hydrogen-bond acceptors (Lipinski definition) is 7. The quantitative estimate of drug-likeness (QED) is 0.315. The predicted octanol–water partition coefficient (Wildman–Crippen LogP) is 3.13. The first kappa shape index (κ1) is 28.2. The largest absolute Gasteiger partial charge is 0.497 e. The molecule has 1 aromatic rings. The number of sulfonamides is 1. The van der Waals surface area contributed by atoms with E-state index in [0.717, 1.165) is 11.3 Å². The van der Waals surface area contributed by atoms with E-state index in [1.807, 2.05) is 24.3 Å². The maximum Gasteiger partial charge on any atom is 0.211 e. The van der Waals surface area contributed by atoms with Crippen molar-refractivity contribution in [3.05, 3.63) is 29.8 Å². The van der Waals surface area contributed by atoms with Gasteiger partial charge in [-0.2, -0.15) is 0 Å². The van der Waals surface area contributed by atoms with Gasteiger partial charge in [-0.25, -0.2) is 13.1 Å². The summed E-state index contributed by atoms with van der Waals surface area (Å²) in [6, 6.07) is 7.77. The van der Waals surface area contributed by atoms with Gasteiger partial charge >= 0.3 is 0 Å². The van der Waals surface area contributed by atoms with Gasteiger partial charge in [0.25, 0.3) is 0 Å². The standard InChI is InChI=1S/C23H41NO7SSi/c1-23(2)30-17-21(24-32(26,27)13-14-33(4,5)6)22(31-23)15-19(25)11-12-29-16-18-7-9-20(28-3)10-8-18/h7-10,19,21-22,24-25H,11-17H2,1-6H3/t19-,21+,22+/m1/s1. The van der Waals surface area contributed by atoms with E-state index in [9.17, 15) is 13.5 Å². The lowest BCUT2D eigenvalue weighted by Crippen LogP contribution is -2.57. The third-order valence-electron chi connectivity index (χ3n) is 5.47.